The Kier molecular flexibility index (Phi) is 3.11. The molecule has 0 bridgehead atoms. The van der Waals surface area contributed by atoms with Gasteiger partial charge in [0.05, 0.1) is 12.5 Å². The zero-order valence-corrected chi connectivity index (χ0v) is 7.52. The van der Waals surface area contributed by atoms with E-state index in [0.29, 0.717) is 19.6 Å². The summed E-state index contributed by atoms with van der Waals surface area (Å²) in [5.74, 6) is -1.27. The molecule has 1 atom stereocenters. The number of rotatable bonds is 2. The van der Waals surface area contributed by atoms with Crippen molar-refractivity contribution >= 4 is 12.1 Å². The first kappa shape index (κ1) is 9.83. The number of carbonyl (C=O) groups excluding carboxylic acids is 1. The minimum absolute atomic E-state index is 0.272. The van der Waals surface area contributed by atoms with Crippen molar-refractivity contribution in [3.05, 3.63) is 0 Å². The first-order chi connectivity index (χ1) is 6.15. The van der Waals surface area contributed by atoms with Gasteiger partial charge in [0.1, 0.15) is 0 Å². The van der Waals surface area contributed by atoms with Crippen molar-refractivity contribution in [2.75, 3.05) is 19.7 Å². The Morgan fingerprint density at radius 2 is 2.31 bits per heavy atom. The summed E-state index contributed by atoms with van der Waals surface area (Å²) >= 11 is 0. The van der Waals surface area contributed by atoms with Gasteiger partial charge in [0.15, 0.2) is 0 Å². The second kappa shape index (κ2) is 4.11. The molecule has 1 fully saturated rings. The summed E-state index contributed by atoms with van der Waals surface area (Å²) in [6.45, 7) is 2.81. The van der Waals surface area contributed by atoms with Crippen molar-refractivity contribution in [2.45, 2.75) is 13.3 Å². The van der Waals surface area contributed by atoms with Crippen molar-refractivity contribution in [3.8, 4) is 0 Å². The van der Waals surface area contributed by atoms with Crippen LogP contribution in [0.2, 0.25) is 0 Å². The number of ether oxygens (including phenoxy) is 1. The van der Waals surface area contributed by atoms with Gasteiger partial charge in [-0.1, -0.05) is 0 Å². The molecule has 5 heteroatoms. The highest BCUT2D eigenvalue weighted by molar-refractivity contribution is 5.74. The monoisotopic (exact) mass is 187 g/mol. The molecule has 1 rings (SSSR count). The topological polar surface area (TPSA) is 66.8 Å². The summed E-state index contributed by atoms with van der Waals surface area (Å²) in [7, 11) is 0. The van der Waals surface area contributed by atoms with E-state index in [1.807, 2.05) is 0 Å². The summed E-state index contributed by atoms with van der Waals surface area (Å²) in [4.78, 5) is 23.1. The van der Waals surface area contributed by atoms with Crippen molar-refractivity contribution in [1.82, 2.24) is 4.90 Å². The maximum Gasteiger partial charge on any atom is 0.409 e. The van der Waals surface area contributed by atoms with Gasteiger partial charge in [-0.25, -0.2) is 4.79 Å². The van der Waals surface area contributed by atoms with Gasteiger partial charge in [-0.15, -0.1) is 0 Å². The summed E-state index contributed by atoms with van der Waals surface area (Å²) < 4.78 is 4.75. The summed E-state index contributed by atoms with van der Waals surface area (Å²) in [6.07, 6.45) is 0.111. The van der Waals surface area contributed by atoms with Gasteiger partial charge in [0, 0.05) is 13.1 Å². The van der Waals surface area contributed by atoms with E-state index >= 15 is 0 Å². The van der Waals surface area contributed by atoms with Gasteiger partial charge in [-0.05, 0) is 13.3 Å². The average Bonchev–Trinajstić information content (AvgIpc) is 2.52. The fourth-order valence-electron chi connectivity index (χ4n) is 1.34. The van der Waals surface area contributed by atoms with Crippen LogP contribution in [-0.4, -0.2) is 41.8 Å². The predicted molar refractivity (Wildman–Crippen MR) is 44.3 cm³/mol. The number of nitrogens with zero attached hydrogens (tertiary/aromatic N) is 1. The van der Waals surface area contributed by atoms with E-state index in [2.05, 4.69) is 0 Å². The summed E-state index contributed by atoms with van der Waals surface area (Å²) in [5.41, 5.74) is 0. The van der Waals surface area contributed by atoms with Gasteiger partial charge < -0.3 is 14.7 Å². The minimum Gasteiger partial charge on any atom is -0.481 e. The lowest BCUT2D eigenvalue weighted by molar-refractivity contribution is -0.141. The van der Waals surface area contributed by atoms with Crippen molar-refractivity contribution in [2.24, 2.45) is 5.92 Å². The SMILES string of the molecule is CCOC(=O)N1CCC(C(=O)O)C1. The van der Waals surface area contributed by atoms with Crippen LogP contribution in [0.4, 0.5) is 4.79 Å². The molecule has 1 amide bonds. The zero-order chi connectivity index (χ0) is 9.84. The lowest BCUT2D eigenvalue weighted by Crippen LogP contribution is -2.30. The molecule has 1 heterocycles. The van der Waals surface area contributed by atoms with Gasteiger partial charge in [-0.2, -0.15) is 0 Å². The zero-order valence-electron chi connectivity index (χ0n) is 7.52. The molecule has 1 N–H and O–H groups in total. The van der Waals surface area contributed by atoms with E-state index in [1.165, 1.54) is 4.90 Å². The highest BCUT2D eigenvalue weighted by atomic mass is 16.6. The van der Waals surface area contributed by atoms with Crippen LogP contribution in [0.25, 0.3) is 0 Å². The van der Waals surface area contributed by atoms with Crippen LogP contribution in [0.15, 0.2) is 0 Å². The molecule has 1 unspecified atom stereocenters. The Morgan fingerprint density at radius 1 is 1.62 bits per heavy atom. The van der Waals surface area contributed by atoms with Gasteiger partial charge >= 0.3 is 12.1 Å². The lowest BCUT2D eigenvalue weighted by atomic mass is 10.1. The fourth-order valence-corrected chi connectivity index (χ4v) is 1.34. The van der Waals surface area contributed by atoms with Crippen LogP contribution in [0.1, 0.15) is 13.3 Å². The van der Waals surface area contributed by atoms with E-state index in [4.69, 9.17) is 9.84 Å². The second-order valence-corrected chi connectivity index (χ2v) is 2.97. The first-order valence-electron chi connectivity index (χ1n) is 4.29. The van der Waals surface area contributed by atoms with Crippen molar-refractivity contribution in [3.63, 3.8) is 0 Å². The standard InChI is InChI=1S/C8H13NO4/c1-2-13-8(12)9-4-3-6(5-9)7(10)11/h6H,2-5H2,1H3,(H,10,11). The Morgan fingerprint density at radius 3 is 2.77 bits per heavy atom. The van der Waals surface area contributed by atoms with Crippen LogP contribution >= 0.6 is 0 Å². The van der Waals surface area contributed by atoms with Crippen LogP contribution in [0, 0.1) is 5.92 Å². The highest BCUT2D eigenvalue weighted by Gasteiger charge is 2.31. The molecular weight excluding hydrogens is 174 g/mol. The number of carboxylic acids is 1. The Balaban J connectivity index is 2.40. The van der Waals surface area contributed by atoms with Crippen molar-refractivity contribution < 1.29 is 19.4 Å². The van der Waals surface area contributed by atoms with Gasteiger partial charge in [-0.3, -0.25) is 4.79 Å². The minimum atomic E-state index is -0.841. The van der Waals surface area contributed by atoms with Gasteiger partial charge in [0.2, 0.25) is 0 Å². The van der Waals surface area contributed by atoms with Crippen LogP contribution in [-0.2, 0) is 9.53 Å². The molecule has 0 radical (unpaired) electrons. The molecule has 0 spiro atoms. The third-order valence-electron chi connectivity index (χ3n) is 2.06. The second-order valence-electron chi connectivity index (χ2n) is 2.97. The quantitative estimate of drug-likeness (QED) is 0.685. The molecule has 5 nitrogen and oxygen atoms in total. The number of carbonyl (C=O) groups is 2. The molecule has 0 aliphatic carbocycles. The molecule has 0 saturated carbocycles. The molecular formula is C8H13NO4. The summed E-state index contributed by atoms with van der Waals surface area (Å²) in [5, 5.41) is 8.66. The number of aliphatic carboxylic acids is 1. The fraction of sp³-hybridized carbons (Fsp3) is 0.750. The molecule has 1 saturated heterocycles. The number of carboxylic acid groups (broad SMARTS) is 1. The Hall–Kier alpha value is -1.26. The lowest BCUT2D eigenvalue weighted by Gasteiger charge is -2.14. The Bertz CT molecular complexity index is 216. The van der Waals surface area contributed by atoms with E-state index in [-0.39, 0.29) is 6.54 Å². The number of likely N-dealkylation sites (tertiary alicyclic amines) is 1. The molecule has 74 valence electrons. The predicted octanol–water partition coefficient (Wildman–Crippen LogP) is 0.549. The van der Waals surface area contributed by atoms with Gasteiger partial charge in [0.25, 0.3) is 0 Å². The van der Waals surface area contributed by atoms with Crippen LogP contribution in [0.3, 0.4) is 0 Å². The average molecular weight is 187 g/mol. The third kappa shape index (κ3) is 2.34. The molecule has 0 aromatic heterocycles. The third-order valence-corrected chi connectivity index (χ3v) is 2.06. The largest absolute Gasteiger partial charge is 0.481 e. The number of hydrogen-bond donors (Lipinski definition) is 1. The highest BCUT2D eigenvalue weighted by Crippen LogP contribution is 2.16. The van der Waals surface area contributed by atoms with E-state index in [1.54, 1.807) is 6.92 Å². The molecule has 0 aromatic rings. The van der Waals surface area contributed by atoms with E-state index in [9.17, 15) is 9.59 Å². The van der Waals surface area contributed by atoms with Crippen LogP contribution in [0.5, 0.6) is 0 Å². The number of hydrogen-bond acceptors (Lipinski definition) is 3. The van der Waals surface area contributed by atoms with E-state index < -0.39 is 18.0 Å². The summed E-state index contributed by atoms with van der Waals surface area (Å²) in [6, 6.07) is 0. The normalized spacial score (nSPS) is 21.6. The maximum absolute atomic E-state index is 11.1. The smallest absolute Gasteiger partial charge is 0.409 e. The molecule has 1 aliphatic heterocycles. The molecule has 0 aromatic carbocycles. The van der Waals surface area contributed by atoms with E-state index in [0.717, 1.165) is 0 Å². The Labute approximate surface area is 76.3 Å². The number of amides is 1. The molecule has 1 aliphatic rings. The molecule has 13 heavy (non-hydrogen) atoms. The maximum atomic E-state index is 11.1. The van der Waals surface area contributed by atoms with Crippen LogP contribution < -0.4 is 0 Å². The first-order valence-corrected chi connectivity index (χ1v) is 4.29. The van der Waals surface area contributed by atoms with Crippen molar-refractivity contribution in [1.29, 1.82) is 0 Å².